The number of carbonyl (C=O) groups is 1. The highest BCUT2D eigenvalue weighted by atomic mass is 35.5. The van der Waals surface area contributed by atoms with Crippen molar-refractivity contribution in [2.24, 2.45) is 0 Å². The Morgan fingerprint density at radius 1 is 1.36 bits per heavy atom. The lowest BCUT2D eigenvalue weighted by Crippen LogP contribution is -2.12. The van der Waals surface area contributed by atoms with E-state index in [9.17, 15) is 4.79 Å². The monoisotopic (exact) mass is 235 g/mol. The third kappa shape index (κ3) is 4.35. The van der Waals surface area contributed by atoms with Crippen molar-refractivity contribution >= 4 is 35.7 Å². The molecule has 1 aromatic carbocycles. The number of benzene rings is 1. The van der Waals surface area contributed by atoms with Crippen molar-refractivity contribution in [1.29, 1.82) is 0 Å². The van der Waals surface area contributed by atoms with Crippen LogP contribution >= 0.6 is 24.0 Å². The number of anilines is 1. The molecule has 1 aromatic rings. The van der Waals surface area contributed by atoms with Gasteiger partial charge >= 0.3 is 5.97 Å². The average molecular weight is 236 g/mol. The predicted octanol–water partition coefficient (Wildman–Crippen LogP) is 2.34. The van der Waals surface area contributed by atoms with E-state index >= 15 is 0 Å². The predicted molar refractivity (Wildman–Crippen MR) is 59.4 cm³/mol. The van der Waals surface area contributed by atoms with Crippen LogP contribution in [-0.4, -0.2) is 17.6 Å². The highest BCUT2D eigenvalue weighted by Crippen LogP contribution is 2.10. The van der Waals surface area contributed by atoms with Gasteiger partial charge in [0.05, 0.1) is 0 Å². The summed E-state index contributed by atoms with van der Waals surface area (Å²) in [6.45, 7) is -0.0692. The number of carboxylic acid groups (broad SMARTS) is 1. The summed E-state index contributed by atoms with van der Waals surface area (Å²) in [7, 11) is 0. The van der Waals surface area contributed by atoms with E-state index in [1.54, 1.807) is 12.1 Å². The molecular formula is C9H11Cl2NO2. The normalized spacial score (nSPS) is 8.93. The Bertz CT molecular complexity index is 287. The number of aliphatic carboxylic acids is 1. The van der Waals surface area contributed by atoms with Crippen LogP contribution in [0.1, 0.15) is 5.56 Å². The standard InChI is InChI=1S/C9H10ClNO2.ClH/c10-5-7-1-3-8(4-2-7)11-6-9(12)13;/h1-4,11H,5-6H2,(H,12,13);1H. The lowest BCUT2D eigenvalue weighted by atomic mass is 10.2. The minimum Gasteiger partial charge on any atom is -0.480 e. The highest BCUT2D eigenvalue weighted by Gasteiger charge is 1.96. The number of nitrogens with one attached hydrogen (secondary N) is 1. The van der Waals surface area contributed by atoms with E-state index in [0.29, 0.717) is 5.88 Å². The van der Waals surface area contributed by atoms with Crippen molar-refractivity contribution in [3.8, 4) is 0 Å². The van der Waals surface area contributed by atoms with Crippen LogP contribution in [0.3, 0.4) is 0 Å². The van der Waals surface area contributed by atoms with E-state index in [2.05, 4.69) is 5.32 Å². The van der Waals surface area contributed by atoms with E-state index in [-0.39, 0.29) is 19.0 Å². The van der Waals surface area contributed by atoms with Crippen molar-refractivity contribution < 1.29 is 9.90 Å². The summed E-state index contributed by atoms with van der Waals surface area (Å²) in [5.74, 6) is -0.402. The van der Waals surface area contributed by atoms with Crippen LogP contribution in [0.5, 0.6) is 0 Å². The van der Waals surface area contributed by atoms with Gasteiger partial charge in [0.25, 0.3) is 0 Å². The maximum absolute atomic E-state index is 10.2. The van der Waals surface area contributed by atoms with Crippen molar-refractivity contribution in [2.45, 2.75) is 5.88 Å². The van der Waals surface area contributed by atoms with E-state index in [1.165, 1.54) is 0 Å². The molecule has 0 saturated heterocycles. The van der Waals surface area contributed by atoms with Gasteiger partial charge in [0.1, 0.15) is 6.54 Å². The Balaban J connectivity index is 0.00000169. The van der Waals surface area contributed by atoms with Crippen LogP contribution in [0.15, 0.2) is 24.3 Å². The molecule has 0 fully saturated rings. The largest absolute Gasteiger partial charge is 0.480 e. The Labute approximate surface area is 93.5 Å². The van der Waals surface area contributed by atoms with Crippen LogP contribution in [0.2, 0.25) is 0 Å². The quantitative estimate of drug-likeness (QED) is 0.789. The SMILES string of the molecule is Cl.O=C(O)CNc1ccc(CCl)cc1. The molecule has 5 heteroatoms. The van der Waals surface area contributed by atoms with Crippen LogP contribution in [-0.2, 0) is 10.7 Å². The summed E-state index contributed by atoms with van der Waals surface area (Å²) < 4.78 is 0. The van der Waals surface area contributed by atoms with Crippen LogP contribution in [0.4, 0.5) is 5.69 Å². The van der Waals surface area contributed by atoms with Crippen molar-refractivity contribution in [3.05, 3.63) is 29.8 Å². The first-order valence-electron chi connectivity index (χ1n) is 3.83. The van der Waals surface area contributed by atoms with Gasteiger partial charge < -0.3 is 10.4 Å². The van der Waals surface area contributed by atoms with E-state index < -0.39 is 5.97 Å². The van der Waals surface area contributed by atoms with Crippen LogP contribution < -0.4 is 5.32 Å². The topological polar surface area (TPSA) is 49.3 Å². The zero-order chi connectivity index (χ0) is 9.68. The molecule has 1 rings (SSSR count). The summed E-state index contributed by atoms with van der Waals surface area (Å²) in [5, 5.41) is 11.1. The molecule has 0 spiro atoms. The number of rotatable bonds is 4. The second-order valence-electron chi connectivity index (χ2n) is 2.58. The molecule has 0 amide bonds. The van der Waals surface area contributed by atoms with Crippen LogP contribution in [0, 0.1) is 0 Å². The molecule has 0 atom stereocenters. The number of carboxylic acids is 1. The van der Waals surface area contributed by atoms with Gasteiger partial charge in [-0.3, -0.25) is 4.79 Å². The molecule has 0 aliphatic rings. The molecule has 14 heavy (non-hydrogen) atoms. The van der Waals surface area contributed by atoms with Gasteiger partial charge in [-0.05, 0) is 17.7 Å². The molecule has 0 radical (unpaired) electrons. The van der Waals surface area contributed by atoms with Gasteiger partial charge in [-0.25, -0.2) is 0 Å². The summed E-state index contributed by atoms with van der Waals surface area (Å²) in [5.41, 5.74) is 1.80. The van der Waals surface area contributed by atoms with Crippen molar-refractivity contribution in [1.82, 2.24) is 0 Å². The average Bonchev–Trinajstić information content (AvgIpc) is 2.15. The van der Waals surface area contributed by atoms with Gasteiger partial charge in [-0.1, -0.05) is 12.1 Å². The molecular weight excluding hydrogens is 225 g/mol. The number of alkyl halides is 1. The van der Waals surface area contributed by atoms with Gasteiger partial charge in [-0.2, -0.15) is 0 Å². The lowest BCUT2D eigenvalue weighted by molar-refractivity contribution is -0.134. The van der Waals surface area contributed by atoms with E-state index in [4.69, 9.17) is 16.7 Å². The Hall–Kier alpha value is -0.930. The Morgan fingerprint density at radius 2 is 1.93 bits per heavy atom. The summed E-state index contributed by atoms with van der Waals surface area (Å²) >= 11 is 5.59. The molecule has 0 aromatic heterocycles. The van der Waals surface area contributed by atoms with E-state index in [1.807, 2.05) is 12.1 Å². The minimum absolute atomic E-state index is 0. The molecule has 0 saturated carbocycles. The van der Waals surface area contributed by atoms with Gasteiger partial charge in [0.2, 0.25) is 0 Å². The maximum atomic E-state index is 10.2. The number of halogens is 2. The summed E-state index contributed by atoms with van der Waals surface area (Å²) in [6, 6.07) is 7.33. The molecule has 0 bridgehead atoms. The Kier molecular flexibility index (Phi) is 6.08. The first kappa shape index (κ1) is 13.1. The van der Waals surface area contributed by atoms with Gasteiger partial charge in [-0.15, -0.1) is 24.0 Å². The molecule has 0 heterocycles. The number of hydrogen-bond donors (Lipinski definition) is 2. The van der Waals surface area contributed by atoms with Gasteiger partial charge in [0.15, 0.2) is 0 Å². The highest BCUT2D eigenvalue weighted by molar-refractivity contribution is 6.17. The van der Waals surface area contributed by atoms with Crippen molar-refractivity contribution in [2.75, 3.05) is 11.9 Å². The zero-order valence-corrected chi connectivity index (χ0v) is 8.94. The molecule has 3 nitrogen and oxygen atoms in total. The zero-order valence-electron chi connectivity index (χ0n) is 7.37. The van der Waals surface area contributed by atoms with Gasteiger partial charge in [0, 0.05) is 11.6 Å². The molecule has 0 unspecified atom stereocenters. The smallest absolute Gasteiger partial charge is 0.322 e. The number of hydrogen-bond acceptors (Lipinski definition) is 2. The first-order chi connectivity index (χ1) is 6.22. The third-order valence-electron chi connectivity index (χ3n) is 1.55. The fourth-order valence-electron chi connectivity index (χ4n) is 0.889. The third-order valence-corrected chi connectivity index (χ3v) is 1.86. The van der Waals surface area contributed by atoms with E-state index in [0.717, 1.165) is 11.3 Å². The molecule has 2 N–H and O–H groups in total. The minimum atomic E-state index is -0.874. The summed E-state index contributed by atoms with van der Waals surface area (Å²) in [4.78, 5) is 10.2. The van der Waals surface area contributed by atoms with Crippen molar-refractivity contribution in [3.63, 3.8) is 0 Å². The maximum Gasteiger partial charge on any atom is 0.322 e. The molecule has 0 aliphatic carbocycles. The summed E-state index contributed by atoms with van der Waals surface area (Å²) in [6.07, 6.45) is 0. The fourth-order valence-corrected chi connectivity index (χ4v) is 1.07. The first-order valence-corrected chi connectivity index (χ1v) is 4.36. The van der Waals surface area contributed by atoms with Crippen LogP contribution in [0.25, 0.3) is 0 Å². The molecule has 0 aliphatic heterocycles. The second-order valence-corrected chi connectivity index (χ2v) is 2.85. The lowest BCUT2D eigenvalue weighted by Gasteiger charge is -2.03. The molecule has 78 valence electrons. The Morgan fingerprint density at radius 3 is 2.36 bits per heavy atom. The second kappa shape index (κ2) is 6.51. The fraction of sp³-hybridized carbons (Fsp3) is 0.222.